The van der Waals surface area contributed by atoms with E-state index in [1.807, 2.05) is 24.3 Å². The van der Waals surface area contributed by atoms with Crippen molar-refractivity contribution < 1.29 is 4.79 Å². The SMILES string of the molecule is N#CC1(c2ccc(C(=O)C3CC4CCCC(C3)N4Cc3ccccc3)cc2)CC1. The Hall–Kier alpha value is -2.44. The summed E-state index contributed by atoms with van der Waals surface area (Å²) in [4.78, 5) is 15.9. The molecule has 0 amide bonds. The van der Waals surface area contributed by atoms with E-state index in [0.29, 0.717) is 17.9 Å². The Bertz CT molecular complexity index is 909. The van der Waals surface area contributed by atoms with Crippen LogP contribution in [0.3, 0.4) is 0 Å². The van der Waals surface area contributed by atoms with Gasteiger partial charge in [0.05, 0.1) is 11.5 Å². The van der Waals surface area contributed by atoms with Crippen LogP contribution in [0.2, 0.25) is 0 Å². The van der Waals surface area contributed by atoms with E-state index in [1.165, 1.54) is 24.8 Å². The summed E-state index contributed by atoms with van der Waals surface area (Å²) in [5.74, 6) is 0.434. The molecule has 2 heterocycles. The van der Waals surface area contributed by atoms with Gasteiger partial charge in [0.2, 0.25) is 0 Å². The van der Waals surface area contributed by atoms with Crippen molar-refractivity contribution in [2.75, 3.05) is 0 Å². The molecule has 1 aliphatic carbocycles. The highest BCUT2D eigenvalue weighted by atomic mass is 16.1. The molecule has 29 heavy (non-hydrogen) atoms. The number of piperidine rings is 2. The number of hydrogen-bond donors (Lipinski definition) is 0. The molecule has 2 aliphatic heterocycles. The second-order valence-electron chi connectivity index (χ2n) is 9.20. The second kappa shape index (κ2) is 7.43. The highest BCUT2D eigenvalue weighted by Gasteiger charge is 2.45. The molecule has 0 radical (unpaired) electrons. The molecule has 2 bridgehead atoms. The van der Waals surface area contributed by atoms with Crippen molar-refractivity contribution >= 4 is 5.78 Å². The van der Waals surface area contributed by atoms with E-state index in [4.69, 9.17) is 0 Å². The van der Waals surface area contributed by atoms with Crippen LogP contribution in [0.15, 0.2) is 54.6 Å². The summed E-state index contributed by atoms with van der Waals surface area (Å²) in [5.41, 5.74) is 2.99. The summed E-state index contributed by atoms with van der Waals surface area (Å²) in [6, 6.07) is 22.1. The summed E-state index contributed by atoms with van der Waals surface area (Å²) in [7, 11) is 0. The van der Waals surface area contributed by atoms with E-state index in [-0.39, 0.29) is 11.3 Å². The van der Waals surface area contributed by atoms with Crippen LogP contribution >= 0.6 is 0 Å². The lowest BCUT2D eigenvalue weighted by atomic mass is 9.75. The smallest absolute Gasteiger partial charge is 0.166 e. The Morgan fingerprint density at radius 1 is 1.00 bits per heavy atom. The van der Waals surface area contributed by atoms with E-state index in [1.54, 1.807) is 0 Å². The number of fused-ring (bicyclic) bond motifs is 2. The lowest BCUT2D eigenvalue weighted by molar-refractivity contribution is 0.00906. The molecule has 2 saturated heterocycles. The Balaban J connectivity index is 1.29. The molecule has 1 saturated carbocycles. The fourth-order valence-corrected chi connectivity index (χ4v) is 5.52. The zero-order chi connectivity index (χ0) is 19.8. The second-order valence-corrected chi connectivity index (χ2v) is 9.20. The quantitative estimate of drug-likeness (QED) is 0.661. The molecule has 3 fully saturated rings. The average molecular weight is 385 g/mol. The summed E-state index contributed by atoms with van der Waals surface area (Å²) in [5, 5.41) is 9.39. The number of nitriles is 1. The predicted octanol–water partition coefficient (Wildman–Crippen LogP) is 5.26. The zero-order valence-electron chi connectivity index (χ0n) is 16.9. The number of carbonyl (C=O) groups is 1. The van der Waals surface area contributed by atoms with E-state index in [9.17, 15) is 10.1 Å². The van der Waals surface area contributed by atoms with E-state index >= 15 is 0 Å². The van der Waals surface area contributed by atoms with Crippen LogP contribution in [0.1, 0.15) is 66.4 Å². The van der Waals surface area contributed by atoms with Crippen molar-refractivity contribution in [1.82, 2.24) is 4.90 Å². The largest absolute Gasteiger partial charge is 0.294 e. The van der Waals surface area contributed by atoms with Gasteiger partial charge in [-0.25, -0.2) is 0 Å². The maximum Gasteiger partial charge on any atom is 0.166 e. The van der Waals surface area contributed by atoms with Gasteiger partial charge in [-0.2, -0.15) is 5.26 Å². The fourth-order valence-electron chi connectivity index (χ4n) is 5.52. The number of benzene rings is 2. The van der Waals surface area contributed by atoms with E-state index in [0.717, 1.165) is 43.4 Å². The highest BCUT2D eigenvalue weighted by Crippen LogP contribution is 2.47. The molecule has 5 rings (SSSR count). The molecular weight excluding hydrogens is 356 g/mol. The van der Waals surface area contributed by atoms with Crippen LogP contribution in [-0.2, 0) is 12.0 Å². The number of rotatable bonds is 5. The first-order valence-electron chi connectivity index (χ1n) is 11.0. The molecule has 2 unspecified atom stereocenters. The van der Waals surface area contributed by atoms with Crippen LogP contribution in [0.5, 0.6) is 0 Å². The highest BCUT2D eigenvalue weighted by molar-refractivity contribution is 5.98. The first-order chi connectivity index (χ1) is 14.2. The molecule has 2 aromatic carbocycles. The van der Waals surface area contributed by atoms with Crippen molar-refractivity contribution in [1.29, 1.82) is 5.26 Å². The third kappa shape index (κ3) is 3.51. The van der Waals surface area contributed by atoms with Crippen LogP contribution in [-0.4, -0.2) is 22.8 Å². The summed E-state index contributed by atoms with van der Waals surface area (Å²) < 4.78 is 0. The maximum atomic E-state index is 13.3. The molecule has 148 valence electrons. The van der Waals surface area contributed by atoms with Crippen molar-refractivity contribution in [2.45, 2.75) is 69.0 Å². The van der Waals surface area contributed by atoms with Gasteiger partial charge in [-0.1, -0.05) is 61.0 Å². The van der Waals surface area contributed by atoms with Gasteiger partial charge in [0.1, 0.15) is 0 Å². The lowest BCUT2D eigenvalue weighted by Crippen LogP contribution is -2.52. The van der Waals surface area contributed by atoms with Gasteiger partial charge in [-0.15, -0.1) is 0 Å². The predicted molar refractivity (Wildman–Crippen MR) is 113 cm³/mol. The molecule has 3 aliphatic rings. The molecule has 3 nitrogen and oxygen atoms in total. The minimum absolute atomic E-state index is 0.133. The molecule has 2 atom stereocenters. The van der Waals surface area contributed by atoms with E-state index in [2.05, 4.69) is 41.3 Å². The normalized spacial score (nSPS) is 27.8. The van der Waals surface area contributed by atoms with Gasteiger partial charge in [0, 0.05) is 30.1 Å². The van der Waals surface area contributed by atoms with Crippen LogP contribution in [0, 0.1) is 17.2 Å². The molecular formula is C26H28N2O. The van der Waals surface area contributed by atoms with E-state index < -0.39 is 0 Å². The molecule has 0 spiro atoms. The first kappa shape index (κ1) is 18.6. The molecule has 3 heteroatoms. The van der Waals surface area contributed by atoms with Crippen LogP contribution in [0.25, 0.3) is 0 Å². The van der Waals surface area contributed by atoms with Crippen molar-refractivity contribution in [2.24, 2.45) is 5.92 Å². The van der Waals surface area contributed by atoms with Gasteiger partial charge in [-0.05, 0) is 49.7 Å². The standard InChI is InChI=1S/C26H28N2O/c27-18-26(13-14-26)22-11-9-20(10-12-22)25(29)21-15-23-7-4-8-24(16-21)28(23)17-19-5-2-1-3-6-19/h1-3,5-6,9-12,21,23-24H,4,7-8,13-17H2. The fraction of sp³-hybridized carbons (Fsp3) is 0.462. The Labute approximate surface area is 173 Å². The number of carbonyl (C=O) groups excluding carboxylic acids is 1. The first-order valence-corrected chi connectivity index (χ1v) is 11.0. The zero-order valence-corrected chi connectivity index (χ0v) is 16.9. The molecule has 2 aromatic rings. The monoisotopic (exact) mass is 384 g/mol. The maximum absolute atomic E-state index is 13.3. The Morgan fingerprint density at radius 2 is 1.66 bits per heavy atom. The molecule has 0 N–H and O–H groups in total. The summed E-state index contributed by atoms with van der Waals surface area (Å²) in [6.45, 7) is 1.00. The number of hydrogen-bond acceptors (Lipinski definition) is 3. The lowest BCUT2D eigenvalue weighted by Gasteiger charge is -2.48. The molecule has 0 aromatic heterocycles. The van der Waals surface area contributed by atoms with Crippen molar-refractivity contribution in [3.8, 4) is 6.07 Å². The Kier molecular flexibility index (Phi) is 4.76. The van der Waals surface area contributed by atoms with Crippen LogP contribution < -0.4 is 0 Å². The third-order valence-electron chi connectivity index (χ3n) is 7.39. The van der Waals surface area contributed by atoms with Gasteiger partial charge in [0.15, 0.2) is 5.78 Å². The minimum atomic E-state index is -0.276. The summed E-state index contributed by atoms with van der Waals surface area (Å²) >= 11 is 0. The van der Waals surface area contributed by atoms with Gasteiger partial charge in [-0.3, -0.25) is 9.69 Å². The van der Waals surface area contributed by atoms with Crippen LogP contribution in [0.4, 0.5) is 0 Å². The number of Topliss-reactive ketones (excluding diaryl/α,β-unsaturated/α-hetero) is 1. The third-order valence-corrected chi connectivity index (χ3v) is 7.39. The topological polar surface area (TPSA) is 44.1 Å². The minimum Gasteiger partial charge on any atom is -0.294 e. The average Bonchev–Trinajstić information content (AvgIpc) is 3.55. The van der Waals surface area contributed by atoms with Gasteiger partial charge >= 0.3 is 0 Å². The van der Waals surface area contributed by atoms with Gasteiger partial charge in [0.25, 0.3) is 0 Å². The van der Waals surface area contributed by atoms with Crippen molar-refractivity contribution in [3.63, 3.8) is 0 Å². The Morgan fingerprint density at radius 3 is 2.24 bits per heavy atom. The van der Waals surface area contributed by atoms with Crippen molar-refractivity contribution in [3.05, 3.63) is 71.3 Å². The van der Waals surface area contributed by atoms with Gasteiger partial charge < -0.3 is 0 Å². The number of nitrogens with zero attached hydrogens (tertiary/aromatic N) is 2. The summed E-state index contributed by atoms with van der Waals surface area (Å²) in [6.07, 6.45) is 7.54. The number of ketones is 1.